The highest BCUT2D eigenvalue weighted by Gasteiger charge is 2.22. The number of amides is 2. The average Bonchev–Trinajstić information content (AvgIpc) is 3.35. The zero-order chi connectivity index (χ0) is 26.4. The molecule has 1 aromatic heterocycles. The molecule has 0 saturated carbocycles. The van der Waals surface area contributed by atoms with Crippen LogP contribution in [0.3, 0.4) is 0 Å². The minimum Gasteiger partial charge on any atom is -0.497 e. The summed E-state index contributed by atoms with van der Waals surface area (Å²) >= 11 is 0. The zero-order valence-corrected chi connectivity index (χ0v) is 21.3. The Morgan fingerprint density at radius 1 is 0.892 bits per heavy atom. The van der Waals surface area contributed by atoms with Crippen molar-refractivity contribution in [2.75, 3.05) is 24.9 Å². The molecule has 0 radical (unpaired) electrons. The van der Waals surface area contributed by atoms with Crippen LogP contribution in [-0.4, -0.2) is 35.8 Å². The lowest BCUT2D eigenvalue weighted by atomic mass is 10.1. The molecule has 2 N–H and O–H groups in total. The number of carbonyl (C=O) groups excluding carboxylic acids is 2. The molecule has 2 amide bonds. The first kappa shape index (κ1) is 25.5. The number of rotatable bonds is 9. The molecule has 0 unspecified atom stereocenters. The molecule has 3 aromatic carbocycles. The molecule has 0 atom stereocenters. The molecule has 0 aliphatic rings. The minimum absolute atomic E-state index is 0.0445. The highest BCUT2D eigenvalue weighted by Crippen LogP contribution is 2.35. The Kier molecular flexibility index (Phi) is 7.88. The van der Waals surface area contributed by atoms with Gasteiger partial charge in [0, 0.05) is 29.6 Å². The van der Waals surface area contributed by atoms with Gasteiger partial charge in [0.25, 0.3) is 5.91 Å². The van der Waals surface area contributed by atoms with Gasteiger partial charge in [-0.15, -0.1) is 0 Å². The fraction of sp³-hybridized carbons (Fsp3) is 0.207. The lowest BCUT2D eigenvalue weighted by Crippen LogP contribution is -2.14. The van der Waals surface area contributed by atoms with Crippen LogP contribution in [0, 0.1) is 5.92 Å². The Bertz CT molecular complexity index is 1380. The van der Waals surface area contributed by atoms with Gasteiger partial charge < -0.3 is 20.1 Å². The van der Waals surface area contributed by atoms with Crippen molar-refractivity contribution in [2.45, 2.75) is 20.3 Å². The summed E-state index contributed by atoms with van der Waals surface area (Å²) in [7, 11) is 3.15. The summed E-state index contributed by atoms with van der Waals surface area (Å²) in [4.78, 5) is 25.5. The van der Waals surface area contributed by atoms with Crippen molar-refractivity contribution in [2.24, 2.45) is 5.92 Å². The molecular formula is C29H30N4O4. The van der Waals surface area contributed by atoms with E-state index in [1.807, 2.05) is 44.2 Å². The first-order valence-electron chi connectivity index (χ1n) is 12.0. The van der Waals surface area contributed by atoms with E-state index >= 15 is 0 Å². The standard InChI is InChI=1S/C29H30N4O4/c1-19(2)16-27(34)30-20-10-12-21(13-11-20)31-29(35)25-18-33(22-8-6-5-7-9-22)32-28(25)24-17-23(36-3)14-15-26(24)37-4/h5-15,17-19H,16H2,1-4H3,(H,30,34)(H,31,35). The van der Waals surface area contributed by atoms with Crippen LogP contribution in [0.5, 0.6) is 11.5 Å². The van der Waals surface area contributed by atoms with E-state index in [-0.39, 0.29) is 17.7 Å². The molecule has 0 fully saturated rings. The molecular weight excluding hydrogens is 468 g/mol. The average molecular weight is 499 g/mol. The van der Waals surface area contributed by atoms with Crippen LogP contribution in [0.2, 0.25) is 0 Å². The molecule has 190 valence electrons. The predicted octanol–water partition coefficient (Wildman–Crippen LogP) is 5.79. The Balaban J connectivity index is 1.66. The fourth-order valence-corrected chi connectivity index (χ4v) is 3.87. The van der Waals surface area contributed by atoms with E-state index in [1.165, 1.54) is 0 Å². The van der Waals surface area contributed by atoms with Crippen LogP contribution >= 0.6 is 0 Å². The summed E-state index contributed by atoms with van der Waals surface area (Å²) < 4.78 is 12.6. The molecule has 1 heterocycles. The Labute approximate surface area is 216 Å². The van der Waals surface area contributed by atoms with E-state index in [0.29, 0.717) is 46.1 Å². The third-order valence-corrected chi connectivity index (χ3v) is 5.66. The summed E-state index contributed by atoms with van der Waals surface area (Å²) in [6, 6.07) is 21.9. The fourth-order valence-electron chi connectivity index (χ4n) is 3.87. The highest BCUT2D eigenvalue weighted by molar-refractivity contribution is 6.08. The summed E-state index contributed by atoms with van der Waals surface area (Å²) in [6.45, 7) is 3.99. The third-order valence-electron chi connectivity index (χ3n) is 5.66. The molecule has 0 spiro atoms. The zero-order valence-electron chi connectivity index (χ0n) is 21.3. The molecule has 37 heavy (non-hydrogen) atoms. The maximum Gasteiger partial charge on any atom is 0.259 e. The van der Waals surface area contributed by atoms with Crippen molar-refractivity contribution in [1.29, 1.82) is 0 Å². The van der Waals surface area contributed by atoms with Crippen LogP contribution in [0.1, 0.15) is 30.6 Å². The second kappa shape index (κ2) is 11.4. The molecule has 4 rings (SSSR count). The lowest BCUT2D eigenvalue weighted by molar-refractivity contribution is -0.116. The van der Waals surface area contributed by atoms with Crippen molar-refractivity contribution in [3.05, 3.63) is 84.6 Å². The molecule has 0 saturated heterocycles. The van der Waals surface area contributed by atoms with E-state index in [1.54, 1.807) is 67.6 Å². The smallest absolute Gasteiger partial charge is 0.259 e. The van der Waals surface area contributed by atoms with Gasteiger partial charge >= 0.3 is 0 Å². The number of aromatic nitrogens is 2. The van der Waals surface area contributed by atoms with E-state index in [4.69, 9.17) is 14.6 Å². The number of benzene rings is 3. The number of nitrogens with one attached hydrogen (secondary N) is 2. The lowest BCUT2D eigenvalue weighted by Gasteiger charge is -2.11. The summed E-state index contributed by atoms with van der Waals surface area (Å²) in [5, 5.41) is 10.5. The minimum atomic E-state index is -0.335. The van der Waals surface area contributed by atoms with E-state index < -0.39 is 0 Å². The first-order chi connectivity index (χ1) is 17.9. The summed E-state index contributed by atoms with van der Waals surface area (Å²) in [6.07, 6.45) is 2.14. The monoisotopic (exact) mass is 498 g/mol. The van der Waals surface area contributed by atoms with E-state index in [2.05, 4.69) is 10.6 Å². The van der Waals surface area contributed by atoms with Gasteiger partial charge in [0.2, 0.25) is 5.91 Å². The third kappa shape index (κ3) is 6.16. The maximum atomic E-state index is 13.5. The molecule has 8 heteroatoms. The van der Waals surface area contributed by atoms with Crippen molar-refractivity contribution in [3.8, 4) is 28.4 Å². The van der Waals surface area contributed by atoms with E-state index in [0.717, 1.165) is 5.69 Å². The van der Waals surface area contributed by atoms with E-state index in [9.17, 15) is 9.59 Å². The summed E-state index contributed by atoms with van der Waals surface area (Å²) in [5.74, 6) is 1.07. The van der Waals surface area contributed by atoms with Crippen molar-refractivity contribution in [1.82, 2.24) is 9.78 Å². The Hall–Kier alpha value is -4.59. The second-order valence-corrected chi connectivity index (χ2v) is 8.92. The van der Waals surface area contributed by atoms with Crippen LogP contribution in [0.15, 0.2) is 79.0 Å². The molecule has 0 aliphatic heterocycles. The van der Waals surface area contributed by atoms with Crippen LogP contribution in [0.25, 0.3) is 16.9 Å². The van der Waals surface area contributed by atoms with Crippen LogP contribution < -0.4 is 20.1 Å². The van der Waals surface area contributed by atoms with Gasteiger partial charge in [0.15, 0.2) is 0 Å². The predicted molar refractivity (Wildman–Crippen MR) is 145 cm³/mol. The topological polar surface area (TPSA) is 94.5 Å². The maximum absolute atomic E-state index is 13.5. The number of anilines is 2. The van der Waals surface area contributed by atoms with Gasteiger partial charge in [-0.05, 0) is 60.5 Å². The number of hydrogen-bond donors (Lipinski definition) is 2. The van der Waals surface area contributed by atoms with Gasteiger partial charge in [0.1, 0.15) is 17.2 Å². The first-order valence-corrected chi connectivity index (χ1v) is 12.0. The van der Waals surface area contributed by atoms with Crippen molar-refractivity contribution in [3.63, 3.8) is 0 Å². The molecule has 8 nitrogen and oxygen atoms in total. The van der Waals surface area contributed by atoms with Gasteiger partial charge in [-0.3, -0.25) is 9.59 Å². The van der Waals surface area contributed by atoms with Gasteiger partial charge in [0.05, 0.1) is 25.5 Å². The Morgan fingerprint density at radius 2 is 1.57 bits per heavy atom. The quantitative estimate of drug-likeness (QED) is 0.304. The number of hydrogen-bond acceptors (Lipinski definition) is 5. The van der Waals surface area contributed by atoms with Gasteiger partial charge in [-0.25, -0.2) is 4.68 Å². The second-order valence-electron chi connectivity index (χ2n) is 8.92. The summed E-state index contributed by atoms with van der Waals surface area (Å²) in [5.41, 5.74) is 3.51. The largest absolute Gasteiger partial charge is 0.497 e. The SMILES string of the molecule is COc1ccc(OC)c(-c2nn(-c3ccccc3)cc2C(=O)Nc2ccc(NC(=O)CC(C)C)cc2)c1. The highest BCUT2D eigenvalue weighted by atomic mass is 16.5. The number of ether oxygens (including phenoxy) is 2. The van der Waals surface area contributed by atoms with Gasteiger partial charge in [-0.2, -0.15) is 5.10 Å². The van der Waals surface area contributed by atoms with Crippen LogP contribution in [0.4, 0.5) is 11.4 Å². The number of methoxy groups -OCH3 is 2. The normalized spacial score (nSPS) is 10.7. The van der Waals surface area contributed by atoms with Crippen molar-refractivity contribution < 1.29 is 19.1 Å². The molecule has 0 aliphatic carbocycles. The number of para-hydroxylation sites is 1. The van der Waals surface area contributed by atoms with Gasteiger partial charge in [-0.1, -0.05) is 32.0 Å². The Morgan fingerprint density at radius 3 is 2.19 bits per heavy atom. The van der Waals surface area contributed by atoms with Crippen molar-refractivity contribution >= 4 is 23.2 Å². The van der Waals surface area contributed by atoms with Crippen LogP contribution in [-0.2, 0) is 4.79 Å². The molecule has 0 bridgehead atoms. The number of carbonyl (C=O) groups is 2. The number of nitrogens with zero attached hydrogens (tertiary/aromatic N) is 2. The molecule has 4 aromatic rings.